The number of aromatic nitrogens is 1. The first-order valence-corrected chi connectivity index (χ1v) is 6.21. The van der Waals surface area contributed by atoms with Gasteiger partial charge in [-0.15, -0.1) is 0 Å². The van der Waals surface area contributed by atoms with Gasteiger partial charge < -0.3 is 15.2 Å². The Morgan fingerprint density at radius 1 is 1.30 bits per heavy atom. The Hall–Kier alpha value is -2.40. The molecule has 1 amide bonds. The minimum absolute atomic E-state index is 0.167. The van der Waals surface area contributed by atoms with Gasteiger partial charge in [0.05, 0.1) is 25.3 Å². The molecule has 0 aliphatic heterocycles. The highest BCUT2D eigenvalue weighted by Crippen LogP contribution is 2.13. The number of amides is 1. The second-order valence-corrected chi connectivity index (χ2v) is 4.21. The van der Waals surface area contributed by atoms with Crippen molar-refractivity contribution in [3.05, 3.63) is 59.8 Å². The van der Waals surface area contributed by atoms with Gasteiger partial charge in [0.1, 0.15) is 0 Å². The zero-order valence-electron chi connectivity index (χ0n) is 11.1. The van der Waals surface area contributed by atoms with Crippen molar-refractivity contribution in [1.29, 1.82) is 0 Å². The number of aliphatic hydroxyl groups is 1. The van der Waals surface area contributed by atoms with Gasteiger partial charge in [-0.3, -0.25) is 4.79 Å². The number of benzene rings is 1. The fourth-order valence-corrected chi connectivity index (χ4v) is 1.80. The number of rotatable bonds is 5. The molecule has 0 bridgehead atoms. The fraction of sp³-hybridized carbons (Fsp3) is 0.200. The molecule has 0 aliphatic carbocycles. The van der Waals surface area contributed by atoms with E-state index in [0.717, 1.165) is 5.56 Å². The molecule has 1 aromatic carbocycles. The fourth-order valence-electron chi connectivity index (χ4n) is 1.80. The van der Waals surface area contributed by atoms with Gasteiger partial charge in [-0.25, -0.2) is 4.98 Å². The molecule has 2 aromatic rings. The summed E-state index contributed by atoms with van der Waals surface area (Å²) in [6.45, 7) is -0.167. The summed E-state index contributed by atoms with van der Waals surface area (Å²) >= 11 is 0. The van der Waals surface area contributed by atoms with E-state index in [2.05, 4.69) is 10.3 Å². The van der Waals surface area contributed by atoms with Crippen LogP contribution in [0.15, 0.2) is 48.7 Å². The molecule has 104 valence electrons. The predicted octanol–water partition coefficient (Wildman–Crippen LogP) is 1.55. The molecule has 0 radical (unpaired) electrons. The van der Waals surface area contributed by atoms with Gasteiger partial charge in [0.2, 0.25) is 5.88 Å². The van der Waals surface area contributed by atoms with Gasteiger partial charge in [-0.2, -0.15) is 0 Å². The Morgan fingerprint density at radius 2 is 2.05 bits per heavy atom. The van der Waals surface area contributed by atoms with Crippen LogP contribution in [0.25, 0.3) is 0 Å². The first-order valence-electron chi connectivity index (χ1n) is 6.21. The smallest absolute Gasteiger partial charge is 0.253 e. The number of ether oxygens (including phenoxy) is 1. The topological polar surface area (TPSA) is 71.5 Å². The highest BCUT2D eigenvalue weighted by atomic mass is 16.5. The summed E-state index contributed by atoms with van der Waals surface area (Å²) in [7, 11) is 1.51. The molecule has 1 heterocycles. The molecular weight excluding hydrogens is 256 g/mol. The lowest BCUT2D eigenvalue weighted by Crippen LogP contribution is -2.30. The zero-order valence-corrected chi connectivity index (χ0v) is 11.1. The van der Waals surface area contributed by atoms with Crippen LogP contribution in [0.1, 0.15) is 22.0 Å². The van der Waals surface area contributed by atoms with Crippen LogP contribution in [0.3, 0.4) is 0 Å². The molecule has 0 saturated carbocycles. The van der Waals surface area contributed by atoms with E-state index in [9.17, 15) is 9.90 Å². The molecule has 5 nitrogen and oxygen atoms in total. The number of carbonyl (C=O) groups excluding carboxylic acids is 1. The molecular formula is C15H16N2O3. The van der Waals surface area contributed by atoms with E-state index in [0.29, 0.717) is 11.4 Å². The molecule has 1 aromatic heterocycles. The second-order valence-electron chi connectivity index (χ2n) is 4.21. The lowest BCUT2D eigenvalue weighted by Gasteiger charge is -2.16. The maximum atomic E-state index is 12.1. The van der Waals surface area contributed by atoms with Crippen molar-refractivity contribution < 1.29 is 14.6 Å². The summed E-state index contributed by atoms with van der Waals surface area (Å²) in [4.78, 5) is 16.1. The third-order valence-electron chi connectivity index (χ3n) is 2.90. The molecule has 5 heteroatoms. The zero-order chi connectivity index (χ0) is 14.4. The summed E-state index contributed by atoms with van der Waals surface area (Å²) in [5.74, 6) is 0.159. The van der Waals surface area contributed by atoms with Crippen molar-refractivity contribution in [2.24, 2.45) is 0 Å². The molecule has 2 N–H and O–H groups in total. The Morgan fingerprint density at radius 3 is 2.60 bits per heavy atom. The van der Waals surface area contributed by atoms with Crippen LogP contribution in [0.2, 0.25) is 0 Å². The van der Waals surface area contributed by atoms with E-state index in [1.807, 2.05) is 30.3 Å². The Kier molecular flexibility index (Phi) is 4.68. The van der Waals surface area contributed by atoms with Crippen LogP contribution < -0.4 is 10.1 Å². The van der Waals surface area contributed by atoms with Gasteiger partial charge in [0, 0.05) is 12.3 Å². The third-order valence-corrected chi connectivity index (χ3v) is 2.90. The minimum Gasteiger partial charge on any atom is -0.481 e. The van der Waals surface area contributed by atoms with Crippen LogP contribution in [0.4, 0.5) is 0 Å². The highest BCUT2D eigenvalue weighted by Gasteiger charge is 2.14. The van der Waals surface area contributed by atoms with Crippen LogP contribution >= 0.6 is 0 Å². The first-order chi connectivity index (χ1) is 9.74. The van der Waals surface area contributed by atoms with Crippen molar-refractivity contribution in [1.82, 2.24) is 10.3 Å². The van der Waals surface area contributed by atoms with Crippen LogP contribution in [0, 0.1) is 0 Å². The van der Waals surface area contributed by atoms with Crippen LogP contribution in [-0.4, -0.2) is 29.7 Å². The Bertz CT molecular complexity index is 555. The number of hydrogen-bond donors (Lipinski definition) is 2. The molecule has 2 rings (SSSR count). The van der Waals surface area contributed by atoms with Crippen molar-refractivity contribution in [3.63, 3.8) is 0 Å². The maximum absolute atomic E-state index is 12.1. The quantitative estimate of drug-likeness (QED) is 0.866. The molecule has 0 saturated heterocycles. The second kappa shape index (κ2) is 6.68. The van der Waals surface area contributed by atoms with Gasteiger partial charge in [0.15, 0.2) is 0 Å². The van der Waals surface area contributed by atoms with Crippen molar-refractivity contribution in [3.8, 4) is 5.88 Å². The minimum atomic E-state index is -0.439. The van der Waals surface area contributed by atoms with Gasteiger partial charge >= 0.3 is 0 Å². The predicted molar refractivity (Wildman–Crippen MR) is 74.5 cm³/mol. The van der Waals surface area contributed by atoms with Crippen molar-refractivity contribution in [2.45, 2.75) is 6.04 Å². The lowest BCUT2D eigenvalue weighted by atomic mass is 10.1. The van der Waals surface area contributed by atoms with E-state index in [-0.39, 0.29) is 12.5 Å². The van der Waals surface area contributed by atoms with E-state index in [4.69, 9.17) is 4.74 Å². The van der Waals surface area contributed by atoms with E-state index in [1.54, 1.807) is 12.1 Å². The number of nitrogens with zero attached hydrogens (tertiary/aromatic N) is 1. The summed E-state index contributed by atoms with van der Waals surface area (Å²) in [5.41, 5.74) is 1.27. The largest absolute Gasteiger partial charge is 0.481 e. The number of nitrogens with one attached hydrogen (secondary N) is 1. The van der Waals surface area contributed by atoms with Gasteiger partial charge in [0.25, 0.3) is 5.91 Å². The number of methoxy groups -OCH3 is 1. The van der Waals surface area contributed by atoms with Gasteiger partial charge in [-0.1, -0.05) is 30.3 Å². The van der Waals surface area contributed by atoms with Crippen LogP contribution in [0.5, 0.6) is 5.88 Å². The van der Waals surface area contributed by atoms with Crippen molar-refractivity contribution in [2.75, 3.05) is 13.7 Å². The SMILES string of the molecule is COc1ccc(C(=O)N[C@H](CO)c2ccccc2)cn1. The normalized spacial score (nSPS) is 11.7. The lowest BCUT2D eigenvalue weighted by molar-refractivity contribution is 0.0915. The number of pyridine rings is 1. The Labute approximate surface area is 117 Å². The molecule has 0 aliphatic rings. The summed E-state index contributed by atoms with van der Waals surface area (Å²) < 4.78 is 4.94. The molecule has 0 fully saturated rings. The highest BCUT2D eigenvalue weighted by molar-refractivity contribution is 5.94. The summed E-state index contributed by atoms with van der Waals surface area (Å²) in [6.07, 6.45) is 1.44. The number of hydrogen-bond acceptors (Lipinski definition) is 4. The Balaban J connectivity index is 2.09. The monoisotopic (exact) mass is 272 g/mol. The van der Waals surface area contributed by atoms with E-state index >= 15 is 0 Å². The molecule has 0 unspecified atom stereocenters. The number of carbonyl (C=O) groups is 1. The average Bonchev–Trinajstić information content (AvgIpc) is 2.53. The third kappa shape index (κ3) is 3.33. The van der Waals surface area contributed by atoms with Crippen LogP contribution in [-0.2, 0) is 0 Å². The molecule has 20 heavy (non-hydrogen) atoms. The van der Waals surface area contributed by atoms with E-state index in [1.165, 1.54) is 13.3 Å². The maximum Gasteiger partial charge on any atom is 0.253 e. The first kappa shape index (κ1) is 14.0. The number of aliphatic hydroxyl groups excluding tert-OH is 1. The summed E-state index contributed by atoms with van der Waals surface area (Å²) in [5, 5.41) is 12.2. The average molecular weight is 272 g/mol. The standard InChI is InChI=1S/C15H16N2O3/c1-20-14-8-7-12(9-16-14)15(19)17-13(10-18)11-5-3-2-4-6-11/h2-9,13,18H,10H2,1H3,(H,17,19)/t13-/m1/s1. The van der Waals surface area contributed by atoms with E-state index < -0.39 is 6.04 Å². The molecule has 1 atom stereocenters. The van der Waals surface area contributed by atoms with Gasteiger partial charge in [-0.05, 0) is 11.6 Å². The molecule has 0 spiro atoms. The van der Waals surface area contributed by atoms with Crippen molar-refractivity contribution >= 4 is 5.91 Å². The summed E-state index contributed by atoms with van der Waals surface area (Å²) in [6, 6.07) is 12.1.